The van der Waals surface area contributed by atoms with E-state index in [-0.39, 0.29) is 75.5 Å². The van der Waals surface area contributed by atoms with Crippen LogP contribution >= 0.6 is 0 Å². The van der Waals surface area contributed by atoms with Gasteiger partial charge in [-0.05, 0) is 31.9 Å². The van der Waals surface area contributed by atoms with E-state index >= 15 is 0 Å². The summed E-state index contributed by atoms with van der Waals surface area (Å²) in [6.45, 7) is 4.89. The lowest BCUT2D eigenvalue weighted by atomic mass is 10.1. The summed E-state index contributed by atoms with van der Waals surface area (Å²) in [7, 11) is 0. The van der Waals surface area contributed by atoms with E-state index < -0.39 is 36.0 Å². The minimum atomic E-state index is -1.17. The van der Waals surface area contributed by atoms with E-state index in [1.54, 1.807) is 31.2 Å². The molecule has 2 atom stereocenters. The highest BCUT2D eigenvalue weighted by Gasteiger charge is 2.33. The van der Waals surface area contributed by atoms with E-state index in [0.717, 1.165) is 0 Å². The first-order chi connectivity index (χ1) is 21.6. The second-order valence-electron chi connectivity index (χ2n) is 10.6. The lowest BCUT2D eigenvalue weighted by molar-refractivity contribution is -0.144. The van der Waals surface area contributed by atoms with Crippen LogP contribution in [0.2, 0.25) is 0 Å². The molecule has 0 saturated carbocycles. The molecule has 2 saturated heterocycles. The number of para-hydroxylation sites is 1. The molecule has 4 rings (SSSR count). The van der Waals surface area contributed by atoms with Gasteiger partial charge in [-0.1, -0.05) is 19.1 Å². The molecule has 2 aliphatic rings. The minimum Gasteiger partial charge on any atom is -0.483 e. The molecule has 1 aromatic heterocycles. The molecule has 0 aliphatic carbocycles. The maximum absolute atomic E-state index is 13.5. The fraction of sp³-hybridized carbons (Fsp3) is 0.500. The van der Waals surface area contributed by atoms with Crippen LogP contribution in [0.5, 0.6) is 5.75 Å². The number of hydrogen-bond acceptors (Lipinski definition) is 9. The van der Waals surface area contributed by atoms with Gasteiger partial charge >= 0.3 is 12.1 Å². The Kier molecular flexibility index (Phi) is 11.1. The number of carboxylic acid groups (broad SMARTS) is 1. The summed E-state index contributed by atoms with van der Waals surface area (Å²) in [4.78, 5) is 84.4. The normalized spacial score (nSPS) is 17.3. The maximum Gasteiger partial charge on any atom is 0.409 e. The number of aliphatic carboxylic acids is 1. The summed E-state index contributed by atoms with van der Waals surface area (Å²) in [5, 5.41) is 15.2. The molecule has 5 amide bonds. The van der Waals surface area contributed by atoms with Crippen LogP contribution in [-0.2, 0) is 23.9 Å². The molecule has 1 aromatic carbocycles. The number of carbonyl (C=O) groups excluding carboxylic acids is 5. The number of nitrogens with zero attached hydrogens (tertiary/aromatic N) is 4. The topological polar surface area (TPSA) is 188 Å². The van der Waals surface area contributed by atoms with E-state index in [0.29, 0.717) is 30.4 Å². The number of piperazine rings is 2. The zero-order valence-corrected chi connectivity index (χ0v) is 25.3. The van der Waals surface area contributed by atoms with Crippen molar-refractivity contribution in [3.05, 3.63) is 36.0 Å². The van der Waals surface area contributed by atoms with Crippen molar-refractivity contribution in [1.82, 2.24) is 30.3 Å². The van der Waals surface area contributed by atoms with Gasteiger partial charge < -0.3 is 39.9 Å². The Balaban J connectivity index is 1.50. The Bertz CT molecular complexity index is 1440. The van der Waals surface area contributed by atoms with Crippen molar-refractivity contribution in [3.63, 3.8) is 0 Å². The van der Waals surface area contributed by atoms with Gasteiger partial charge in [-0.2, -0.15) is 0 Å². The number of aromatic nitrogens is 1. The van der Waals surface area contributed by atoms with Crippen molar-refractivity contribution in [2.45, 2.75) is 45.2 Å². The van der Waals surface area contributed by atoms with E-state index in [4.69, 9.17) is 9.47 Å². The van der Waals surface area contributed by atoms with Crippen LogP contribution in [0.1, 0.15) is 43.6 Å². The Morgan fingerprint density at radius 3 is 2.47 bits per heavy atom. The summed E-state index contributed by atoms with van der Waals surface area (Å²) in [5.74, 6) is -2.74. The molecule has 2 fully saturated rings. The number of pyridine rings is 1. The molecule has 0 radical (unpaired) electrons. The van der Waals surface area contributed by atoms with E-state index in [2.05, 4.69) is 15.6 Å². The maximum atomic E-state index is 13.5. The second-order valence-corrected chi connectivity index (χ2v) is 10.6. The average molecular weight is 627 g/mol. The molecule has 15 nitrogen and oxygen atoms in total. The van der Waals surface area contributed by atoms with Gasteiger partial charge in [0.05, 0.1) is 12.1 Å². The summed E-state index contributed by atoms with van der Waals surface area (Å²) >= 11 is 0. The number of rotatable bonds is 11. The first-order valence-corrected chi connectivity index (χ1v) is 15.0. The van der Waals surface area contributed by atoms with Crippen molar-refractivity contribution >= 4 is 46.6 Å². The number of fused-ring (bicyclic) bond motifs is 1. The highest BCUT2D eigenvalue weighted by atomic mass is 16.6. The number of amides is 5. The molecule has 1 unspecified atom stereocenters. The Labute approximate surface area is 259 Å². The highest BCUT2D eigenvalue weighted by Crippen LogP contribution is 2.26. The van der Waals surface area contributed by atoms with Crippen LogP contribution < -0.4 is 15.4 Å². The molecular formula is C30H38N6O9. The number of hydrogen-bond donors (Lipinski definition) is 3. The molecule has 242 valence electrons. The fourth-order valence-corrected chi connectivity index (χ4v) is 5.32. The van der Waals surface area contributed by atoms with Crippen molar-refractivity contribution in [1.29, 1.82) is 0 Å². The van der Waals surface area contributed by atoms with Gasteiger partial charge in [0, 0.05) is 57.1 Å². The number of benzene rings is 1. The molecule has 3 heterocycles. The highest BCUT2D eigenvalue weighted by molar-refractivity contribution is 5.99. The molecular weight excluding hydrogens is 588 g/mol. The summed E-state index contributed by atoms with van der Waals surface area (Å²) in [5.41, 5.74) is 0.306. The third-order valence-electron chi connectivity index (χ3n) is 7.67. The van der Waals surface area contributed by atoms with Gasteiger partial charge in [0.1, 0.15) is 23.5 Å². The number of carbonyl (C=O) groups is 6. The molecule has 45 heavy (non-hydrogen) atoms. The molecule has 2 aromatic rings. The van der Waals surface area contributed by atoms with Crippen LogP contribution in [0.4, 0.5) is 4.79 Å². The van der Waals surface area contributed by atoms with Crippen LogP contribution in [-0.4, -0.2) is 125 Å². The first kappa shape index (κ1) is 33.0. The average Bonchev–Trinajstić information content (AvgIpc) is 3.04. The fourth-order valence-electron chi connectivity index (χ4n) is 5.32. The molecule has 15 heteroatoms. The van der Waals surface area contributed by atoms with Crippen molar-refractivity contribution in [2.24, 2.45) is 0 Å². The minimum absolute atomic E-state index is 0.0970. The predicted octanol–water partition coefficient (Wildman–Crippen LogP) is 0.615. The smallest absolute Gasteiger partial charge is 0.409 e. The number of ether oxygens (including phenoxy) is 2. The monoisotopic (exact) mass is 626 g/mol. The quantitative estimate of drug-likeness (QED) is 0.319. The Hall–Kier alpha value is -4.95. The van der Waals surface area contributed by atoms with E-state index in [9.17, 15) is 33.9 Å². The summed E-state index contributed by atoms with van der Waals surface area (Å²) < 4.78 is 10.9. The van der Waals surface area contributed by atoms with Gasteiger partial charge in [0.2, 0.25) is 11.8 Å². The largest absolute Gasteiger partial charge is 0.483 e. The zero-order chi connectivity index (χ0) is 32.5. The van der Waals surface area contributed by atoms with Crippen molar-refractivity contribution < 1.29 is 43.3 Å². The van der Waals surface area contributed by atoms with Crippen LogP contribution in [0.3, 0.4) is 0 Å². The Morgan fingerprint density at radius 2 is 1.78 bits per heavy atom. The predicted molar refractivity (Wildman–Crippen MR) is 159 cm³/mol. The molecule has 0 spiro atoms. The SMILES string of the molecule is CCOC(=O)N1CCN(C(=O)[C@H](CCC(=O)O)NC(=O)c2cc(OCC(=O)N3CCNC(=O)C3CC)c3ccccc3n2)CC1. The van der Waals surface area contributed by atoms with Crippen LogP contribution in [0.25, 0.3) is 10.9 Å². The molecule has 0 bridgehead atoms. The third-order valence-corrected chi connectivity index (χ3v) is 7.67. The van der Waals surface area contributed by atoms with Crippen LogP contribution in [0, 0.1) is 0 Å². The first-order valence-electron chi connectivity index (χ1n) is 15.0. The lowest BCUT2D eigenvalue weighted by Crippen LogP contribution is -2.57. The second kappa shape index (κ2) is 15.2. The van der Waals surface area contributed by atoms with Crippen LogP contribution in [0.15, 0.2) is 30.3 Å². The van der Waals surface area contributed by atoms with Crippen molar-refractivity contribution in [3.8, 4) is 5.75 Å². The lowest BCUT2D eigenvalue weighted by Gasteiger charge is -2.35. The van der Waals surface area contributed by atoms with Gasteiger partial charge in [-0.25, -0.2) is 9.78 Å². The van der Waals surface area contributed by atoms with Gasteiger partial charge in [0.25, 0.3) is 11.8 Å². The number of nitrogens with one attached hydrogen (secondary N) is 2. The Morgan fingerprint density at radius 1 is 1.07 bits per heavy atom. The van der Waals surface area contributed by atoms with E-state index in [1.807, 2.05) is 6.92 Å². The zero-order valence-electron chi connectivity index (χ0n) is 25.3. The van der Waals surface area contributed by atoms with Crippen molar-refractivity contribution in [2.75, 3.05) is 52.5 Å². The van der Waals surface area contributed by atoms with Gasteiger partial charge in [-0.3, -0.25) is 24.0 Å². The standard InChI is InChI=1S/C30H38N6O9/c1-3-23-28(41)31-11-12-36(23)25(37)18-45-24-17-22(32-20-8-6-5-7-19(20)24)27(40)33-21(9-10-26(38)39)29(42)34-13-15-35(16-14-34)30(43)44-4-2/h5-8,17,21,23H,3-4,9-16,18H2,1-2H3,(H,31,41)(H,33,40)(H,38,39)/t21-,23?/m0/s1. The summed E-state index contributed by atoms with van der Waals surface area (Å²) in [6, 6.07) is 6.46. The van der Waals surface area contributed by atoms with Gasteiger partial charge in [0.15, 0.2) is 6.61 Å². The molecule has 3 N–H and O–H groups in total. The number of carboxylic acids is 1. The summed E-state index contributed by atoms with van der Waals surface area (Å²) in [6.07, 6.45) is -0.558. The van der Waals surface area contributed by atoms with E-state index in [1.165, 1.54) is 20.8 Å². The van der Waals surface area contributed by atoms with Gasteiger partial charge in [-0.15, -0.1) is 0 Å². The molecule has 2 aliphatic heterocycles. The third kappa shape index (κ3) is 8.16.